The molecule has 5 nitrogen and oxygen atoms in total. The van der Waals surface area contributed by atoms with E-state index in [0.29, 0.717) is 19.6 Å². The molecule has 114 valence electrons. The van der Waals surface area contributed by atoms with Crippen molar-refractivity contribution < 1.29 is 9.59 Å². The number of urea groups is 1. The lowest BCUT2D eigenvalue weighted by molar-refractivity contribution is -0.128. The number of hydrogen-bond donors (Lipinski definition) is 1. The van der Waals surface area contributed by atoms with Crippen LogP contribution in [0.1, 0.15) is 5.56 Å². The molecule has 0 unspecified atom stereocenters. The quantitative estimate of drug-likeness (QED) is 0.936. The maximum atomic E-state index is 12.1. The first-order valence-corrected chi connectivity index (χ1v) is 7.38. The minimum atomic E-state index is -0.288. The zero-order chi connectivity index (χ0) is 15.5. The van der Waals surface area contributed by atoms with Gasteiger partial charge in [-0.25, -0.2) is 4.79 Å². The second kappa shape index (κ2) is 6.15. The number of benzene rings is 2. The molecule has 3 rings (SSSR count). The average Bonchev–Trinajstić information content (AvgIpc) is 2.93. The molecular formula is C17H19N3O2. The first-order valence-electron chi connectivity index (χ1n) is 7.38. The molecule has 3 amide bonds. The van der Waals surface area contributed by atoms with E-state index < -0.39 is 0 Å². The zero-order valence-corrected chi connectivity index (χ0v) is 12.6. The van der Waals surface area contributed by atoms with Crippen molar-refractivity contribution in [3.8, 4) is 0 Å². The van der Waals surface area contributed by atoms with Gasteiger partial charge in [0.05, 0.1) is 6.54 Å². The van der Waals surface area contributed by atoms with Gasteiger partial charge >= 0.3 is 6.03 Å². The number of fused-ring (bicyclic) bond motifs is 1. The Morgan fingerprint density at radius 2 is 2.00 bits per heavy atom. The number of nitrogens with zero attached hydrogens (tertiary/aromatic N) is 2. The third-order valence-corrected chi connectivity index (χ3v) is 3.83. The molecule has 0 aliphatic carbocycles. The summed E-state index contributed by atoms with van der Waals surface area (Å²) in [5.41, 5.74) is 1.15. The van der Waals surface area contributed by atoms with E-state index in [-0.39, 0.29) is 18.5 Å². The predicted octanol–water partition coefficient (Wildman–Crippen LogP) is 1.82. The van der Waals surface area contributed by atoms with Gasteiger partial charge in [-0.05, 0) is 29.4 Å². The van der Waals surface area contributed by atoms with Gasteiger partial charge in [-0.2, -0.15) is 0 Å². The molecule has 1 saturated heterocycles. The summed E-state index contributed by atoms with van der Waals surface area (Å²) in [5.74, 6) is -0.154. The molecule has 0 radical (unpaired) electrons. The molecule has 0 atom stereocenters. The van der Waals surface area contributed by atoms with Crippen molar-refractivity contribution in [2.24, 2.45) is 0 Å². The van der Waals surface area contributed by atoms with Crippen LogP contribution in [0.3, 0.4) is 0 Å². The van der Waals surface area contributed by atoms with E-state index in [9.17, 15) is 9.59 Å². The van der Waals surface area contributed by atoms with Gasteiger partial charge in [0.2, 0.25) is 5.91 Å². The third kappa shape index (κ3) is 3.09. The molecule has 0 bridgehead atoms. The van der Waals surface area contributed by atoms with Gasteiger partial charge in [-0.3, -0.25) is 14.6 Å². The van der Waals surface area contributed by atoms with Gasteiger partial charge in [0.1, 0.15) is 0 Å². The molecule has 0 aromatic heterocycles. The first-order chi connectivity index (χ1) is 10.6. The topological polar surface area (TPSA) is 52.7 Å². The van der Waals surface area contributed by atoms with Crippen LogP contribution in [0, 0.1) is 0 Å². The number of carbonyl (C=O) groups is 2. The molecule has 1 aliphatic heterocycles. The van der Waals surface area contributed by atoms with Crippen LogP contribution < -0.4 is 5.32 Å². The molecule has 0 spiro atoms. The first kappa shape index (κ1) is 14.5. The fourth-order valence-corrected chi connectivity index (χ4v) is 2.73. The van der Waals surface area contributed by atoms with E-state index in [4.69, 9.17) is 0 Å². The molecule has 0 saturated carbocycles. The number of rotatable bonds is 4. The smallest absolute Gasteiger partial charge is 0.324 e. The minimum absolute atomic E-state index is 0.154. The van der Waals surface area contributed by atoms with Crippen LogP contribution in [0.25, 0.3) is 10.8 Å². The Hall–Kier alpha value is -2.40. The van der Waals surface area contributed by atoms with Crippen LogP contribution in [0.4, 0.5) is 4.79 Å². The summed E-state index contributed by atoms with van der Waals surface area (Å²) >= 11 is 0. The molecule has 2 aromatic rings. The highest BCUT2D eigenvalue weighted by Gasteiger charge is 2.26. The van der Waals surface area contributed by atoms with Crippen molar-refractivity contribution in [3.05, 3.63) is 48.0 Å². The van der Waals surface area contributed by atoms with Gasteiger partial charge in [0.25, 0.3) is 0 Å². The highest BCUT2D eigenvalue weighted by Crippen LogP contribution is 2.16. The van der Waals surface area contributed by atoms with Crippen LogP contribution in [0.2, 0.25) is 0 Å². The fourth-order valence-electron chi connectivity index (χ4n) is 2.73. The summed E-state index contributed by atoms with van der Waals surface area (Å²) in [5, 5.41) is 5.04. The Bertz CT molecular complexity index is 714. The lowest BCUT2D eigenvalue weighted by Gasteiger charge is -2.19. The van der Waals surface area contributed by atoms with E-state index in [0.717, 1.165) is 5.56 Å². The summed E-state index contributed by atoms with van der Waals surface area (Å²) in [6.07, 6.45) is 0. The summed E-state index contributed by atoms with van der Waals surface area (Å²) in [7, 11) is 1.89. The molecular weight excluding hydrogens is 278 g/mol. The maximum absolute atomic E-state index is 12.1. The summed E-state index contributed by atoms with van der Waals surface area (Å²) in [6.45, 7) is 1.91. The highest BCUT2D eigenvalue weighted by atomic mass is 16.2. The monoisotopic (exact) mass is 297 g/mol. The Morgan fingerprint density at radius 3 is 2.73 bits per heavy atom. The largest absolute Gasteiger partial charge is 0.336 e. The predicted molar refractivity (Wildman–Crippen MR) is 85.4 cm³/mol. The second-order valence-electron chi connectivity index (χ2n) is 5.63. The van der Waals surface area contributed by atoms with E-state index >= 15 is 0 Å². The van der Waals surface area contributed by atoms with Gasteiger partial charge in [0, 0.05) is 19.6 Å². The molecule has 1 heterocycles. The van der Waals surface area contributed by atoms with Gasteiger partial charge < -0.3 is 5.32 Å². The van der Waals surface area contributed by atoms with E-state index in [1.807, 2.05) is 24.1 Å². The number of imide groups is 1. The van der Waals surface area contributed by atoms with Crippen LogP contribution in [-0.4, -0.2) is 48.4 Å². The molecule has 5 heteroatoms. The van der Waals surface area contributed by atoms with Crippen LogP contribution >= 0.6 is 0 Å². The SMILES string of the molecule is CN(CC(=O)N1CCNC1=O)Cc1ccc2ccccc2c1. The Balaban J connectivity index is 1.64. The number of amides is 3. The van der Waals surface area contributed by atoms with Crippen molar-refractivity contribution in [1.29, 1.82) is 0 Å². The van der Waals surface area contributed by atoms with Gasteiger partial charge in [-0.1, -0.05) is 36.4 Å². The van der Waals surface area contributed by atoms with Crippen LogP contribution in [0.15, 0.2) is 42.5 Å². The van der Waals surface area contributed by atoms with Crippen molar-refractivity contribution in [2.45, 2.75) is 6.54 Å². The Morgan fingerprint density at radius 1 is 1.23 bits per heavy atom. The Labute approximate surface area is 129 Å². The molecule has 1 fully saturated rings. The lowest BCUT2D eigenvalue weighted by atomic mass is 10.1. The highest BCUT2D eigenvalue weighted by molar-refractivity contribution is 5.96. The number of carbonyl (C=O) groups excluding carboxylic acids is 2. The standard InChI is InChI=1S/C17H19N3O2/c1-19(12-16(21)20-9-8-18-17(20)22)11-13-6-7-14-4-2-3-5-15(14)10-13/h2-7,10H,8-9,11-12H2,1H3,(H,18,22). The van der Waals surface area contributed by atoms with Crippen molar-refractivity contribution >= 4 is 22.7 Å². The Kier molecular flexibility index (Phi) is 4.06. The average molecular weight is 297 g/mol. The fraction of sp³-hybridized carbons (Fsp3) is 0.294. The summed E-state index contributed by atoms with van der Waals surface area (Å²) in [6, 6.07) is 14.2. The van der Waals surface area contributed by atoms with E-state index in [1.165, 1.54) is 15.7 Å². The normalized spacial score (nSPS) is 14.6. The lowest BCUT2D eigenvalue weighted by Crippen LogP contribution is -2.40. The summed E-state index contributed by atoms with van der Waals surface area (Å²) < 4.78 is 0. The maximum Gasteiger partial charge on any atom is 0.324 e. The number of hydrogen-bond acceptors (Lipinski definition) is 3. The van der Waals surface area contributed by atoms with Crippen molar-refractivity contribution in [2.75, 3.05) is 26.7 Å². The number of nitrogens with one attached hydrogen (secondary N) is 1. The minimum Gasteiger partial charge on any atom is -0.336 e. The van der Waals surface area contributed by atoms with Crippen molar-refractivity contribution in [3.63, 3.8) is 0 Å². The van der Waals surface area contributed by atoms with Crippen LogP contribution in [0.5, 0.6) is 0 Å². The second-order valence-corrected chi connectivity index (χ2v) is 5.63. The third-order valence-electron chi connectivity index (χ3n) is 3.83. The van der Waals surface area contributed by atoms with Crippen LogP contribution in [-0.2, 0) is 11.3 Å². The molecule has 22 heavy (non-hydrogen) atoms. The molecule has 2 aromatic carbocycles. The number of likely N-dealkylation sites (N-methyl/N-ethyl adjacent to an activating group) is 1. The van der Waals surface area contributed by atoms with E-state index in [2.05, 4.69) is 35.6 Å². The molecule has 1 N–H and O–H groups in total. The van der Waals surface area contributed by atoms with Gasteiger partial charge in [0.15, 0.2) is 0 Å². The van der Waals surface area contributed by atoms with E-state index in [1.54, 1.807) is 0 Å². The zero-order valence-electron chi connectivity index (χ0n) is 12.6. The summed E-state index contributed by atoms with van der Waals surface area (Å²) in [4.78, 5) is 26.8. The van der Waals surface area contributed by atoms with Gasteiger partial charge in [-0.15, -0.1) is 0 Å². The van der Waals surface area contributed by atoms with Crippen molar-refractivity contribution in [1.82, 2.24) is 15.1 Å². The molecule has 1 aliphatic rings.